The minimum absolute atomic E-state index is 0.178. The predicted octanol–water partition coefficient (Wildman–Crippen LogP) is 8.61. The van der Waals surface area contributed by atoms with E-state index in [0.29, 0.717) is 17.3 Å². The van der Waals surface area contributed by atoms with E-state index in [-0.39, 0.29) is 17.2 Å². The fourth-order valence-corrected chi connectivity index (χ4v) is 9.17. The zero-order valence-electron chi connectivity index (χ0n) is 26.0. The summed E-state index contributed by atoms with van der Waals surface area (Å²) in [5.41, 5.74) is 13.3. The number of nitrogens with zero attached hydrogens (tertiary/aromatic N) is 3. The van der Waals surface area contributed by atoms with Crippen LogP contribution in [0.2, 0.25) is 0 Å². The smallest absolute Gasteiger partial charge is 0.227 e. The summed E-state index contributed by atoms with van der Waals surface area (Å²) in [5, 5.41) is 1.99. The van der Waals surface area contributed by atoms with Gasteiger partial charge >= 0.3 is 0 Å². The van der Waals surface area contributed by atoms with Gasteiger partial charge in [0.2, 0.25) is 17.1 Å². The van der Waals surface area contributed by atoms with Crippen LogP contribution < -0.4 is 9.13 Å². The van der Waals surface area contributed by atoms with Crippen LogP contribution in [0.5, 0.6) is 0 Å². The second kappa shape index (κ2) is 8.97. The molecule has 3 aliphatic rings. The van der Waals surface area contributed by atoms with E-state index in [9.17, 15) is 0 Å². The maximum atomic E-state index is 15.4. The summed E-state index contributed by atoms with van der Waals surface area (Å²) in [7, 11) is 0. The first kappa shape index (κ1) is 26.1. The first-order valence-corrected chi connectivity index (χ1v) is 16.2. The molecule has 5 heteroatoms. The van der Waals surface area contributed by atoms with E-state index in [1.54, 1.807) is 6.07 Å². The van der Waals surface area contributed by atoms with Crippen LogP contribution in [-0.4, -0.2) is 4.98 Å². The van der Waals surface area contributed by atoms with Gasteiger partial charge in [0.15, 0.2) is 30.6 Å². The van der Waals surface area contributed by atoms with Crippen molar-refractivity contribution in [3.63, 3.8) is 0 Å². The highest BCUT2D eigenvalue weighted by Gasteiger charge is 2.67. The second-order valence-electron chi connectivity index (χ2n) is 13.6. The average Bonchev–Trinajstić information content (AvgIpc) is 3.42. The van der Waals surface area contributed by atoms with Crippen molar-refractivity contribution >= 4 is 22.1 Å². The summed E-state index contributed by atoms with van der Waals surface area (Å²) in [5.74, 6) is 0.0691. The Labute approximate surface area is 266 Å². The molecule has 7 aromatic rings. The summed E-state index contributed by atoms with van der Waals surface area (Å²) in [6.45, 7) is 6.89. The second-order valence-corrected chi connectivity index (χ2v) is 13.6. The number of aryl methyl sites for hydroxylation is 3. The molecule has 1 spiro atoms. The Balaban J connectivity index is 1.24. The zero-order valence-corrected chi connectivity index (χ0v) is 26.0. The zero-order chi connectivity index (χ0) is 30.9. The van der Waals surface area contributed by atoms with Crippen LogP contribution in [-0.2, 0) is 12.0 Å². The Morgan fingerprint density at radius 2 is 1.61 bits per heavy atom. The van der Waals surface area contributed by atoms with Gasteiger partial charge in [-0.1, -0.05) is 48.5 Å². The van der Waals surface area contributed by atoms with Crippen molar-refractivity contribution in [2.75, 3.05) is 0 Å². The number of aromatic nitrogens is 3. The minimum atomic E-state index is -0.198. The van der Waals surface area contributed by atoms with Crippen molar-refractivity contribution < 1.29 is 17.9 Å². The Bertz CT molecular complexity index is 2440. The van der Waals surface area contributed by atoms with E-state index in [2.05, 4.69) is 114 Å². The molecule has 0 amide bonds. The van der Waals surface area contributed by atoms with Gasteiger partial charge in [-0.3, -0.25) is 0 Å². The van der Waals surface area contributed by atoms with Gasteiger partial charge in [-0.2, -0.15) is 9.13 Å². The lowest BCUT2D eigenvalue weighted by Crippen LogP contribution is -2.67. The minimum Gasteiger partial charge on any atom is -0.437 e. The van der Waals surface area contributed by atoms with E-state index in [1.807, 2.05) is 13.1 Å². The van der Waals surface area contributed by atoms with Crippen LogP contribution in [0, 0.1) is 26.6 Å². The van der Waals surface area contributed by atoms with Gasteiger partial charge < -0.3 is 4.42 Å². The van der Waals surface area contributed by atoms with Crippen molar-refractivity contribution in [3.05, 3.63) is 137 Å². The highest BCUT2D eigenvalue weighted by molar-refractivity contribution is 6.09. The average molecular weight is 602 g/mol. The van der Waals surface area contributed by atoms with Gasteiger partial charge in [-0.25, -0.2) is 9.37 Å². The van der Waals surface area contributed by atoms with Crippen LogP contribution >= 0.6 is 0 Å². The molecule has 3 aromatic carbocycles. The SMILES string of the molecule is Cc1c[n+]2c(cc1F)-c1c(ccc3c1oc1nc(-c4c(C)cccc4C)ccc13)C1(CC3C1c1ccccc1-c1cccc[n+]13)C2. The highest BCUT2D eigenvalue weighted by Crippen LogP contribution is 2.64. The molecular weight excluding hydrogens is 569 g/mol. The van der Waals surface area contributed by atoms with Crippen LogP contribution in [0.3, 0.4) is 0 Å². The number of halogens is 1. The molecule has 0 radical (unpaired) electrons. The summed E-state index contributed by atoms with van der Waals surface area (Å²) >= 11 is 0. The van der Waals surface area contributed by atoms with E-state index < -0.39 is 0 Å². The molecule has 3 atom stereocenters. The number of rotatable bonds is 1. The van der Waals surface area contributed by atoms with Crippen LogP contribution in [0.15, 0.2) is 108 Å². The standard InChI is InChI=1S/C41H32FN3O/c1-23-9-8-10-24(2)36(23)32-17-15-29-28-14-16-30-37(39(28)46-40(29)43-32)34-19-31(42)25(3)21-44(34)22-41(30)20-35-38(41)27-12-5-4-11-26(27)33-13-6-7-18-45(33)35/h4-19,21,35,38H,20,22H2,1-3H3/q+2. The molecule has 46 heavy (non-hydrogen) atoms. The third kappa shape index (κ3) is 3.25. The van der Waals surface area contributed by atoms with Gasteiger partial charge in [-0.05, 0) is 67.3 Å². The van der Waals surface area contributed by atoms with Crippen molar-refractivity contribution in [2.45, 2.75) is 51.1 Å². The normalized spacial score (nSPS) is 20.5. The fourth-order valence-electron chi connectivity index (χ4n) is 9.17. The maximum absolute atomic E-state index is 15.4. The number of benzene rings is 3. The van der Waals surface area contributed by atoms with Crippen molar-refractivity contribution in [1.29, 1.82) is 0 Å². The quantitative estimate of drug-likeness (QED) is 0.177. The molecule has 1 fully saturated rings. The maximum Gasteiger partial charge on any atom is 0.227 e. The molecule has 1 aliphatic carbocycles. The first-order chi connectivity index (χ1) is 22.4. The lowest BCUT2D eigenvalue weighted by atomic mass is 9.48. The number of hydrogen-bond acceptors (Lipinski definition) is 2. The Kier molecular flexibility index (Phi) is 5.09. The molecule has 4 aromatic heterocycles. The molecule has 0 saturated heterocycles. The lowest BCUT2D eigenvalue weighted by molar-refractivity contribution is -0.750. The van der Waals surface area contributed by atoms with Crippen molar-refractivity contribution in [2.24, 2.45) is 0 Å². The third-order valence-corrected chi connectivity index (χ3v) is 11.2. The molecule has 6 heterocycles. The number of hydrogen-bond donors (Lipinski definition) is 0. The molecular formula is C41H32FN3O+2. The Morgan fingerprint density at radius 1 is 0.804 bits per heavy atom. The van der Waals surface area contributed by atoms with Gasteiger partial charge in [0.1, 0.15) is 5.82 Å². The van der Waals surface area contributed by atoms with E-state index >= 15 is 4.39 Å². The van der Waals surface area contributed by atoms with E-state index in [0.717, 1.165) is 51.8 Å². The van der Waals surface area contributed by atoms with Crippen LogP contribution in [0.25, 0.3) is 55.8 Å². The lowest BCUT2D eigenvalue weighted by Gasteiger charge is -2.54. The molecule has 4 nitrogen and oxygen atoms in total. The molecule has 222 valence electrons. The van der Waals surface area contributed by atoms with Crippen LogP contribution in [0.1, 0.15) is 46.2 Å². The topological polar surface area (TPSA) is 33.8 Å². The fraction of sp³-hybridized carbons (Fsp3) is 0.195. The van der Waals surface area contributed by atoms with E-state index in [1.165, 1.54) is 33.5 Å². The molecule has 3 unspecified atom stereocenters. The van der Waals surface area contributed by atoms with Crippen molar-refractivity contribution in [1.82, 2.24) is 4.98 Å². The number of furan rings is 1. The predicted molar refractivity (Wildman–Crippen MR) is 177 cm³/mol. The first-order valence-electron chi connectivity index (χ1n) is 16.2. The molecule has 1 saturated carbocycles. The van der Waals surface area contributed by atoms with Gasteiger partial charge in [0, 0.05) is 52.1 Å². The van der Waals surface area contributed by atoms with Gasteiger partial charge in [0.25, 0.3) is 0 Å². The third-order valence-electron chi connectivity index (χ3n) is 11.2. The highest BCUT2D eigenvalue weighted by atomic mass is 19.1. The summed E-state index contributed by atoms with van der Waals surface area (Å²) < 4.78 is 26.9. The molecule has 0 bridgehead atoms. The van der Waals surface area contributed by atoms with E-state index in [4.69, 9.17) is 9.40 Å². The number of pyridine rings is 3. The van der Waals surface area contributed by atoms with Gasteiger partial charge in [-0.15, -0.1) is 0 Å². The molecule has 2 aliphatic heterocycles. The summed E-state index contributed by atoms with van der Waals surface area (Å²) in [6.07, 6.45) is 5.23. The summed E-state index contributed by atoms with van der Waals surface area (Å²) in [6, 6.07) is 32.5. The van der Waals surface area contributed by atoms with Gasteiger partial charge in [0.05, 0.1) is 22.6 Å². The summed E-state index contributed by atoms with van der Waals surface area (Å²) in [4.78, 5) is 5.08. The Hall–Kier alpha value is -5.16. The van der Waals surface area contributed by atoms with Crippen LogP contribution in [0.4, 0.5) is 4.39 Å². The molecule has 10 rings (SSSR count). The molecule has 0 N–H and O–H groups in total. The van der Waals surface area contributed by atoms with Crippen molar-refractivity contribution in [3.8, 4) is 33.8 Å². The number of fused-ring (bicyclic) bond motifs is 15. The monoisotopic (exact) mass is 601 g/mol. The Morgan fingerprint density at radius 3 is 2.48 bits per heavy atom. The largest absolute Gasteiger partial charge is 0.437 e.